The number of nitrogens with one attached hydrogen (secondary N) is 2. The molecule has 2 N–H and O–H groups in total. The van der Waals surface area contributed by atoms with Crippen molar-refractivity contribution in [3.05, 3.63) is 84.9 Å². The Hall–Kier alpha value is -3.56. The van der Waals surface area contributed by atoms with Crippen LogP contribution in [0, 0.1) is 0 Å². The van der Waals surface area contributed by atoms with Crippen LogP contribution in [0.5, 0.6) is 0 Å². The number of hydrogen-bond donors (Lipinski definition) is 2. The number of thioether (sulfide) groups is 1. The number of hydrogen-bond acceptors (Lipinski definition) is 8. The largest absolute Gasteiger partial charge is 0.330 e. The van der Waals surface area contributed by atoms with Gasteiger partial charge >= 0.3 is 0 Å². The van der Waals surface area contributed by atoms with E-state index in [0.29, 0.717) is 16.5 Å². The van der Waals surface area contributed by atoms with Gasteiger partial charge in [0.05, 0.1) is 17.1 Å². The van der Waals surface area contributed by atoms with Gasteiger partial charge in [0.25, 0.3) is 0 Å². The molecule has 31 heavy (non-hydrogen) atoms. The van der Waals surface area contributed by atoms with Crippen LogP contribution in [0.1, 0.15) is 0 Å². The topological polar surface area (TPSA) is 91.6 Å². The molecule has 0 spiro atoms. The lowest BCUT2D eigenvalue weighted by Gasteiger charge is -2.04. The van der Waals surface area contributed by atoms with Crippen LogP contribution in [0.15, 0.2) is 99.5 Å². The predicted octanol–water partition coefficient (Wildman–Crippen LogP) is 6.43. The fourth-order valence-electron chi connectivity index (χ4n) is 2.51. The van der Waals surface area contributed by atoms with Crippen molar-refractivity contribution < 1.29 is 4.79 Å². The van der Waals surface area contributed by atoms with Crippen molar-refractivity contribution in [1.82, 2.24) is 10.2 Å². The second-order valence-corrected chi connectivity index (χ2v) is 8.48. The predicted molar refractivity (Wildman–Crippen MR) is 126 cm³/mol. The number of rotatable bonds is 8. The SMILES string of the molecule is O=C(CSc1nnc(Nc2ccccc2)s1)Nc1ccc(N=Nc2ccccc2)cc1. The van der Waals surface area contributed by atoms with E-state index in [9.17, 15) is 4.79 Å². The first-order valence-electron chi connectivity index (χ1n) is 9.40. The van der Waals surface area contributed by atoms with Crippen molar-refractivity contribution in [2.75, 3.05) is 16.4 Å². The Morgan fingerprint density at radius 3 is 2.16 bits per heavy atom. The number of benzene rings is 3. The molecule has 0 fully saturated rings. The molecule has 1 amide bonds. The molecule has 3 aromatic carbocycles. The summed E-state index contributed by atoms with van der Waals surface area (Å²) in [6, 6.07) is 26.5. The minimum Gasteiger partial charge on any atom is -0.330 e. The molecule has 4 rings (SSSR count). The number of carbonyl (C=O) groups is 1. The molecule has 154 valence electrons. The molecule has 0 aliphatic carbocycles. The van der Waals surface area contributed by atoms with E-state index >= 15 is 0 Å². The van der Waals surface area contributed by atoms with E-state index in [0.717, 1.165) is 15.7 Å². The lowest BCUT2D eigenvalue weighted by molar-refractivity contribution is -0.113. The fraction of sp³-hybridized carbons (Fsp3) is 0.0455. The third kappa shape index (κ3) is 6.46. The molecular weight excluding hydrogens is 428 g/mol. The first kappa shape index (κ1) is 20.7. The zero-order valence-corrected chi connectivity index (χ0v) is 17.9. The highest BCUT2D eigenvalue weighted by atomic mass is 32.2. The van der Waals surface area contributed by atoms with Crippen molar-refractivity contribution in [3.63, 3.8) is 0 Å². The summed E-state index contributed by atoms with van der Waals surface area (Å²) in [6.45, 7) is 0. The molecule has 0 aliphatic heterocycles. The number of anilines is 3. The van der Waals surface area contributed by atoms with Gasteiger partial charge in [0.2, 0.25) is 11.0 Å². The quantitative estimate of drug-likeness (QED) is 0.240. The fourth-order valence-corrected chi connectivity index (χ4v) is 4.08. The first-order valence-corrected chi connectivity index (χ1v) is 11.2. The Morgan fingerprint density at radius 1 is 0.806 bits per heavy atom. The minimum atomic E-state index is -0.114. The van der Waals surface area contributed by atoms with Crippen molar-refractivity contribution >= 4 is 56.9 Å². The molecule has 0 unspecified atom stereocenters. The normalized spacial score (nSPS) is 10.8. The molecule has 0 saturated heterocycles. The maximum Gasteiger partial charge on any atom is 0.234 e. The molecule has 7 nitrogen and oxygen atoms in total. The number of para-hydroxylation sites is 1. The lowest BCUT2D eigenvalue weighted by Crippen LogP contribution is -2.13. The summed E-state index contributed by atoms with van der Waals surface area (Å²) in [7, 11) is 0. The first-order chi connectivity index (χ1) is 15.2. The monoisotopic (exact) mass is 446 g/mol. The maximum absolute atomic E-state index is 12.2. The van der Waals surface area contributed by atoms with E-state index in [-0.39, 0.29) is 11.7 Å². The van der Waals surface area contributed by atoms with Crippen molar-refractivity contribution in [2.24, 2.45) is 10.2 Å². The van der Waals surface area contributed by atoms with Gasteiger partial charge in [-0.05, 0) is 48.5 Å². The Labute approximate surface area is 187 Å². The van der Waals surface area contributed by atoms with Crippen molar-refractivity contribution in [1.29, 1.82) is 0 Å². The molecule has 0 radical (unpaired) electrons. The van der Waals surface area contributed by atoms with Crippen LogP contribution in [0.3, 0.4) is 0 Å². The van der Waals surface area contributed by atoms with Crippen LogP contribution in [-0.2, 0) is 4.79 Å². The molecule has 0 bridgehead atoms. The molecule has 4 aromatic rings. The van der Waals surface area contributed by atoms with Gasteiger partial charge in [0.1, 0.15) is 0 Å². The van der Waals surface area contributed by atoms with Gasteiger partial charge in [0, 0.05) is 11.4 Å². The zero-order chi connectivity index (χ0) is 21.3. The number of azo groups is 1. The van der Waals surface area contributed by atoms with Crippen LogP contribution < -0.4 is 10.6 Å². The van der Waals surface area contributed by atoms with Crippen molar-refractivity contribution in [3.8, 4) is 0 Å². The number of nitrogens with zero attached hydrogens (tertiary/aromatic N) is 4. The Kier molecular flexibility index (Phi) is 6.99. The lowest BCUT2D eigenvalue weighted by atomic mass is 10.3. The van der Waals surface area contributed by atoms with Gasteiger partial charge in [0.15, 0.2) is 4.34 Å². The third-order valence-corrected chi connectivity index (χ3v) is 5.92. The molecule has 0 atom stereocenters. The third-order valence-electron chi connectivity index (χ3n) is 3.95. The van der Waals surface area contributed by atoms with Gasteiger partial charge < -0.3 is 10.6 Å². The van der Waals surface area contributed by atoms with E-state index < -0.39 is 0 Å². The van der Waals surface area contributed by atoms with Crippen molar-refractivity contribution in [2.45, 2.75) is 4.34 Å². The Morgan fingerprint density at radius 2 is 1.45 bits per heavy atom. The van der Waals surface area contributed by atoms with Crippen LogP contribution >= 0.6 is 23.1 Å². The average Bonchev–Trinajstić information content (AvgIpc) is 3.26. The molecule has 0 aliphatic rings. The summed E-state index contributed by atoms with van der Waals surface area (Å²) in [5, 5.41) is 23.3. The maximum atomic E-state index is 12.2. The molecule has 1 aromatic heterocycles. The smallest absolute Gasteiger partial charge is 0.234 e. The van der Waals surface area contributed by atoms with Crippen LogP contribution in [0.25, 0.3) is 0 Å². The van der Waals surface area contributed by atoms with Crippen LogP contribution in [0.2, 0.25) is 0 Å². The van der Waals surface area contributed by atoms with E-state index in [1.165, 1.54) is 23.1 Å². The van der Waals surface area contributed by atoms with Gasteiger partial charge in [-0.15, -0.1) is 10.2 Å². The second kappa shape index (κ2) is 10.5. The average molecular weight is 447 g/mol. The molecule has 1 heterocycles. The molecule has 9 heteroatoms. The Balaban J connectivity index is 1.25. The van der Waals surface area contributed by atoms with E-state index in [4.69, 9.17) is 0 Å². The molecule has 0 saturated carbocycles. The zero-order valence-electron chi connectivity index (χ0n) is 16.3. The van der Waals surface area contributed by atoms with Gasteiger partial charge in [-0.25, -0.2) is 0 Å². The summed E-state index contributed by atoms with van der Waals surface area (Å²) >= 11 is 2.76. The number of aromatic nitrogens is 2. The summed E-state index contributed by atoms with van der Waals surface area (Å²) < 4.78 is 0.727. The van der Waals surface area contributed by atoms with Crippen LogP contribution in [-0.4, -0.2) is 21.9 Å². The van der Waals surface area contributed by atoms with E-state index in [1.54, 1.807) is 12.1 Å². The van der Waals surface area contributed by atoms with Gasteiger partial charge in [-0.1, -0.05) is 59.5 Å². The minimum absolute atomic E-state index is 0.114. The summed E-state index contributed by atoms with van der Waals surface area (Å²) in [5.74, 6) is 0.131. The number of carbonyl (C=O) groups excluding carboxylic acids is 1. The number of amides is 1. The highest BCUT2D eigenvalue weighted by molar-refractivity contribution is 8.01. The molecular formula is C22H18N6OS2. The van der Waals surface area contributed by atoms with Gasteiger partial charge in [-0.2, -0.15) is 10.2 Å². The highest BCUT2D eigenvalue weighted by Gasteiger charge is 2.09. The standard InChI is InChI=1S/C22H18N6OS2/c29-20(15-30-22-28-27-21(31-22)24-16-7-3-1-4-8-16)23-17-11-13-19(14-12-17)26-25-18-9-5-2-6-10-18/h1-14H,15H2,(H,23,29)(H,24,27). The van der Waals surface area contributed by atoms with E-state index in [2.05, 4.69) is 31.1 Å². The summed E-state index contributed by atoms with van der Waals surface area (Å²) in [5.41, 5.74) is 3.15. The Bertz CT molecular complexity index is 1150. The summed E-state index contributed by atoms with van der Waals surface area (Å²) in [4.78, 5) is 12.2. The highest BCUT2D eigenvalue weighted by Crippen LogP contribution is 2.28. The van der Waals surface area contributed by atoms with Crippen LogP contribution in [0.4, 0.5) is 27.9 Å². The van der Waals surface area contributed by atoms with E-state index in [1.807, 2.05) is 72.8 Å². The second-order valence-electron chi connectivity index (χ2n) is 6.28. The summed E-state index contributed by atoms with van der Waals surface area (Å²) in [6.07, 6.45) is 0. The van der Waals surface area contributed by atoms with Gasteiger partial charge in [-0.3, -0.25) is 4.79 Å².